The molecule has 262 valence electrons. The van der Waals surface area contributed by atoms with E-state index in [-0.39, 0.29) is 29.1 Å². The van der Waals surface area contributed by atoms with Gasteiger partial charge in [0, 0.05) is 32.1 Å². The number of amides is 2. The lowest BCUT2D eigenvalue weighted by molar-refractivity contribution is -0.131. The van der Waals surface area contributed by atoms with Crippen molar-refractivity contribution in [2.24, 2.45) is 28.5 Å². The quantitative estimate of drug-likeness (QED) is 0.103. The molecule has 2 aromatic rings. The van der Waals surface area contributed by atoms with Crippen LogP contribution in [0.4, 0.5) is 0 Å². The van der Waals surface area contributed by atoms with Crippen LogP contribution in [0.3, 0.4) is 0 Å². The second-order valence-corrected chi connectivity index (χ2v) is 15.4. The van der Waals surface area contributed by atoms with E-state index in [1.807, 2.05) is 30.3 Å². The highest BCUT2D eigenvalue weighted by Gasteiger charge is 2.62. The average Bonchev–Trinajstić information content (AvgIpc) is 3.79. The second kappa shape index (κ2) is 15.4. The van der Waals surface area contributed by atoms with Crippen LogP contribution in [0.5, 0.6) is 5.75 Å². The molecule has 8 nitrogen and oxygen atoms in total. The van der Waals surface area contributed by atoms with Crippen LogP contribution in [0, 0.1) is 17.8 Å². The Balaban J connectivity index is 1.24. The van der Waals surface area contributed by atoms with E-state index < -0.39 is 11.5 Å². The molecule has 2 bridgehead atoms. The summed E-state index contributed by atoms with van der Waals surface area (Å²) in [5, 5.41) is 16.6. The largest absolute Gasteiger partial charge is 0.508 e. The van der Waals surface area contributed by atoms with Gasteiger partial charge < -0.3 is 21.5 Å². The number of amidine groups is 1. The van der Waals surface area contributed by atoms with Crippen molar-refractivity contribution in [2.45, 2.75) is 115 Å². The molecule has 6 atom stereocenters. The standard InChI is InChI=1S/C40H59N5O3/c1-6-13-36(41)42-19-11-8-12-20-43-37(47)34(22-27(2)3)44-38(48)40(30-14-9-7-10-15-30)25-31(40)26-45-21-18-39(5)28(4)35(45)23-29-16-17-32(46)24-33(29)39/h7,9-10,14-17,24,27-28,31,34-35,46H,6,8,11-13,18-23,25-26H2,1-5H3,(H2,41,42)(H,43,47)(H,44,48)/t28?,31?,34?,35?,39-,40+/m1/s1. The fourth-order valence-electron chi connectivity index (χ4n) is 8.55. The first-order valence-electron chi connectivity index (χ1n) is 18.5. The van der Waals surface area contributed by atoms with Gasteiger partial charge in [0.25, 0.3) is 0 Å². The van der Waals surface area contributed by atoms with Crippen LogP contribution < -0.4 is 16.4 Å². The number of nitrogens with two attached hydrogens (primary N) is 1. The zero-order valence-electron chi connectivity index (χ0n) is 29.9. The Hall–Kier alpha value is -3.39. The topological polar surface area (TPSA) is 120 Å². The highest BCUT2D eigenvalue weighted by molar-refractivity contribution is 5.95. The number of phenolic OH excluding ortho intramolecular Hbond substituents is 1. The molecule has 0 spiro atoms. The normalized spacial score (nSPS) is 27.3. The number of aliphatic imine (C=N–C) groups is 1. The molecule has 1 saturated heterocycles. The first-order chi connectivity index (χ1) is 23.0. The van der Waals surface area contributed by atoms with Crippen LogP contribution in [-0.2, 0) is 26.8 Å². The number of nitrogens with zero attached hydrogens (tertiary/aromatic N) is 2. The third-order valence-corrected chi connectivity index (χ3v) is 11.6. The van der Waals surface area contributed by atoms with Crippen molar-refractivity contribution < 1.29 is 14.7 Å². The van der Waals surface area contributed by atoms with E-state index in [0.29, 0.717) is 30.7 Å². The summed E-state index contributed by atoms with van der Waals surface area (Å²) in [4.78, 5) is 34.9. The Morgan fingerprint density at radius 1 is 1.12 bits per heavy atom. The molecule has 8 heteroatoms. The number of nitrogens with one attached hydrogen (secondary N) is 2. The molecule has 1 heterocycles. The van der Waals surface area contributed by atoms with Gasteiger partial charge in [-0.15, -0.1) is 0 Å². The van der Waals surface area contributed by atoms with Gasteiger partial charge in [-0.3, -0.25) is 19.5 Å². The summed E-state index contributed by atoms with van der Waals surface area (Å²) in [6.07, 6.45) is 7.98. The third-order valence-electron chi connectivity index (χ3n) is 11.6. The van der Waals surface area contributed by atoms with Gasteiger partial charge in [-0.05, 0) is 110 Å². The lowest BCUT2D eigenvalue weighted by Crippen LogP contribution is -2.58. The van der Waals surface area contributed by atoms with Crippen LogP contribution in [0.1, 0.15) is 103 Å². The van der Waals surface area contributed by atoms with Crippen molar-refractivity contribution in [1.29, 1.82) is 0 Å². The van der Waals surface area contributed by atoms with Gasteiger partial charge in [0.05, 0.1) is 11.3 Å². The van der Waals surface area contributed by atoms with Crippen molar-refractivity contribution in [1.82, 2.24) is 15.5 Å². The number of piperidine rings is 1. The van der Waals surface area contributed by atoms with E-state index in [2.05, 4.69) is 73.3 Å². The maximum absolute atomic E-state index is 14.4. The summed E-state index contributed by atoms with van der Waals surface area (Å²) in [5.74, 6) is 1.81. The first kappa shape index (κ1) is 35.9. The number of likely N-dealkylation sites (tertiary alicyclic amines) is 1. The summed E-state index contributed by atoms with van der Waals surface area (Å²) in [6, 6.07) is 15.9. The van der Waals surface area contributed by atoms with Gasteiger partial charge in [0.15, 0.2) is 0 Å². The summed E-state index contributed by atoms with van der Waals surface area (Å²) < 4.78 is 0. The molecule has 4 unspecified atom stereocenters. The van der Waals surface area contributed by atoms with E-state index >= 15 is 0 Å². The molecule has 0 radical (unpaired) electrons. The van der Waals surface area contributed by atoms with Crippen molar-refractivity contribution >= 4 is 17.6 Å². The maximum atomic E-state index is 14.4. The fraction of sp³-hybridized carbons (Fsp3) is 0.625. The molecular weight excluding hydrogens is 598 g/mol. The van der Waals surface area contributed by atoms with Gasteiger partial charge in [0.2, 0.25) is 11.8 Å². The maximum Gasteiger partial charge on any atom is 0.242 e. The second-order valence-electron chi connectivity index (χ2n) is 15.4. The number of benzene rings is 2. The Labute approximate surface area is 288 Å². The highest BCUT2D eigenvalue weighted by Crippen LogP contribution is 2.57. The average molecular weight is 658 g/mol. The summed E-state index contributed by atoms with van der Waals surface area (Å²) in [7, 11) is 0. The molecule has 48 heavy (non-hydrogen) atoms. The Bertz CT molecular complexity index is 1440. The summed E-state index contributed by atoms with van der Waals surface area (Å²) >= 11 is 0. The van der Waals surface area contributed by atoms with E-state index in [1.165, 1.54) is 11.1 Å². The molecule has 5 rings (SSSR count). The molecule has 2 amide bonds. The summed E-state index contributed by atoms with van der Waals surface area (Å²) in [6.45, 7) is 14.1. The van der Waals surface area contributed by atoms with E-state index in [9.17, 15) is 14.7 Å². The first-order valence-corrected chi connectivity index (χ1v) is 18.5. The molecular formula is C40H59N5O3. The van der Waals surface area contributed by atoms with Crippen LogP contribution in [0.15, 0.2) is 53.5 Å². The number of carbonyl (C=O) groups is 2. The predicted molar refractivity (Wildman–Crippen MR) is 194 cm³/mol. The molecule has 5 N–H and O–H groups in total. The monoisotopic (exact) mass is 657 g/mol. The Morgan fingerprint density at radius 2 is 1.90 bits per heavy atom. The Kier molecular flexibility index (Phi) is 11.5. The lowest BCUT2D eigenvalue weighted by Gasteiger charge is -2.55. The number of carbonyl (C=O) groups excluding carboxylic acids is 2. The van der Waals surface area contributed by atoms with Gasteiger partial charge in [-0.25, -0.2) is 0 Å². The minimum absolute atomic E-state index is 0.0265. The van der Waals surface area contributed by atoms with E-state index in [1.54, 1.807) is 0 Å². The smallest absolute Gasteiger partial charge is 0.242 e. The molecule has 2 aromatic carbocycles. The number of hydrogen-bond donors (Lipinski definition) is 4. The number of aromatic hydroxyl groups is 1. The van der Waals surface area contributed by atoms with Gasteiger partial charge >= 0.3 is 0 Å². The zero-order chi connectivity index (χ0) is 34.5. The number of unbranched alkanes of at least 4 members (excludes halogenated alkanes) is 2. The van der Waals surface area contributed by atoms with E-state index in [0.717, 1.165) is 82.4 Å². The van der Waals surface area contributed by atoms with Crippen LogP contribution in [0.2, 0.25) is 0 Å². The molecule has 2 aliphatic carbocycles. The molecule has 2 fully saturated rings. The predicted octanol–water partition coefficient (Wildman–Crippen LogP) is 5.85. The fourth-order valence-corrected chi connectivity index (χ4v) is 8.55. The van der Waals surface area contributed by atoms with Gasteiger partial charge in [-0.1, -0.05) is 71.0 Å². The molecule has 3 aliphatic rings. The number of fused-ring (bicyclic) bond motifs is 4. The Morgan fingerprint density at radius 3 is 2.62 bits per heavy atom. The SMILES string of the molecule is CCCC(N)=NCCCCCNC(=O)C(CC(C)C)NC(=O)[C@]1(c2ccccc2)CC1CN1CC[C@@]2(C)c3cc(O)ccc3CC1C2C. The van der Waals surface area contributed by atoms with Crippen LogP contribution in [0.25, 0.3) is 0 Å². The third kappa shape index (κ3) is 7.74. The lowest BCUT2D eigenvalue weighted by atomic mass is 9.59. The van der Waals surface area contributed by atoms with Crippen LogP contribution in [-0.4, -0.2) is 65.9 Å². The zero-order valence-corrected chi connectivity index (χ0v) is 29.9. The minimum atomic E-state index is -0.640. The van der Waals surface area contributed by atoms with Crippen LogP contribution >= 0.6 is 0 Å². The van der Waals surface area contributed by atoms with Crippen molar-refractivity contribution in [3.05, 3.63) is 65.2 Å². The van der Waals surface area contributed by atoms with Gasteiger partial charge in [0.1, 0.15) is 11.8 Å². The van der Waals surface area contributed by atoms with Crippen molar-refractivity contribution in [2.75, 3.05) is 26.2 Å². The molecule has 1 aliphatic heterocycles. The highest BCUT2D eigenvalue weighted by atomic mass is 16.3. The minimum Gasteiger partial charge on any atom is -0.508 e. The van der Waals surface area contributed by atoms with Crippen molar-refractivity contribution in [3.63, 3.8) is 0 Å². The van der Waals surface area contributed by atoms with E-state index in [4.69, 9.17) is 5.73 Å². The summed E-state index contributed by atoms with van der Waals surface area (Å²) in [5.41, 5.74) is 8.96. The van der Waals surface area contributed by atoms with Crippen molar-refractivity contribution in [3.8, 4) is 5.75 Å². The van der Waals surface area contributed by atoms with Gasteiger partial charge in [-0.2, -0.15) is 0 Å². The number of hydrogen-bond acceptors (Lipinski definition) is 5. The number of phenols is 1. The number of rotatable bonds is 16. The molecule has 0 aromatic heterocycles. The molecule has 1 saturated carbocycles.